The maximum Gasteiger partial charge on any atom is 0.308 e. The zero-order valence-electron chi connectivity index (χ0n) is 16.8. The summed E-state index contributed by atoms with van der Waals surface area (Å²) in [5, 5.41) is 0. The van der Waals surface area contributed by atoms with E-state index in [1.54, 1.807) is 54.9 Å². The molecule has 0 aliphatic heterocycles. The molecule has 4 aromatic rings. The van der Waals surface area contributed by atoms with Crippen LogP contribution in [-0.2, 0) is 4.79 Å². The van der Waals surface area contributed by atoms with Crippen LogP contribution >= 0.6 is 0 Å². The molecule has 0 fully saturated rings. The monoisotopic (exact) mass is 409 g/mol. The van der Waals surface area contributed by atoms with Crippen molar-refractivity contribution in [3.8, 4) is 16.9 Å². The lowest BCUT2D eigenvalue weighted by Gasteiger charge is -2.21. The van der Waals surface area contributed by atoms with Gasteiger partial charge in [-0.05, 0) is 59.7 Å². The molecule has 0 N–H and O–H groups in total. The first-order chi connectivity index (χ1) is 15.1. The van der Waals surface area contributed by atoms with Gasteiger partial charge in [0, 0.05) is 24.9 Å². The van der Waals surface area contributed by atoms with Crippen LogP contribution in [-0.4, -0.2) is 21.8 Å². The predicted octanol–water partition coefficient (Wildman–Crippen LogP) is 5.05. The molecule has 0 aliphatic carbocycles. The highest BCUT2D eigenvalue weighted by Crippen LogP contribution is 2.27. The van der Waals surface area contributed by atoms with Crippen molar-refractivity contribution in [2.24, 2.45) is 0 Å². The van der Waals surface area contributed by atoms with E-state index in [1.807, 2.05) is 42.5 Å². The number of hydrogen-bond acceptors (Lipinski definition) is 5. The molecule has 4 rings (SSSR count). The van der Waals surface area contributed by atoms with E-state index in [2.05, 4.69) is 9.97 Å². The highest BCUT2D eigenvalue weighted by Gasteiger charge is 2.22. The fourth-order valence-corrected chi connectivity index (χ4v) is 3.14. The van der Waals surface area contributed by atoms with E-state index in [9.17, 15) is 9.59 Å². The van der Waals surface area contributed by atoms with Gasteiger partial charge >= 0.3 is 5.97 Å². The molecule has 2 heterocycles. The summed E-state index contributed by atoms with van der Waals surface area (Å²) in [7, 11) is 0. The van der Waals surface area contributed by atoms with Crippen LogP contribution < -0.4 is 9.64 Å². The molecule has 0 aliphatic rings. The van der Waals surface area contributed by atoms with E-state index in [-0.39, 0.29) is 11.9 Å². The molecule has 6 heteroatoms. The molecule has 0 saturated carbocycles. The van der Waals surface area contributed by atoms with Crippen molar-refractivity contribution >= 4 is 23.5 Å². The van der Waals surface area contributed by atoms with Crippen molar-refractivity contribution in [3.63, 3.8) is 0 Å². The van der Waals surface area contributed by atoms with Crippen molar-refractivity contribution in [1.82, 2.24) is 9.97 Å². The normalized spacial score (nSPS) is 10.4. The number of benzene rings is 2. The van der Waals surface area contributed by atoms with Crippen LogP contribution in [0.5, 0.6) is 5.75 Å². The van der Waals surface area contributed by atoms with Crippen LogP contribution in [0.25, 0.3) is 11.1 Å². The fourth-order valence-electron chi connectivity index (χ4n) is 3.14. The molecule has 0 saturated heterocycles. The number of carbonyl (C=O) groups is 2. The van der Waals surface area contributed by atoms with Gasteiger partial charge in [-0.2, -0.15) is 0 Å². The first kappa shape index (κ1) is 20.0. The van der Waals surface area contributed by atoms with Crippen molar-refractivity contribution in [2.45, 2.75) is 6.92 Å². The maximum absolute atomic E-state index is 13.5. The van der Waals surface area contributed by atoms with Crippen molar-refractivity contribution in [3.05, 3.63) is 103 Å². The second-order valence-electron chi connectivity index (χ2n) is 6.72. The maximum atomic E-state index is 13.5. The van der Waals surface area contributed by atoms with Crippen molar-refractivity contribution in [2.75, 3.05) is 4.90 Å². The minimum absolute atomic E-state index is 0.240. The molecule has 0 unspecified atom stereocenters. The minimum atomic E-state index is -0.371. The molecule has 0 radical (unpaired) electrons. The highest BCUT2D eigenvalue weighted by molar-refractivity contribution is 6.10. The molecule has 152 valence electrons. The van der Waals surface area contributed by atoms with Gasteiger partial charge in [0.1, 0.15) is 17.4 Å². The summed E-state index contributed by atoms with van der Waals surface area (Å²) in [4.78, 5) is 34.8. The van der Waals surface area contributed by atoms with Gasteiger partial charge in [0.2, 0.25) is 0 Å². The lowest BCUT2D eigenvalue weighted by molar-refractivity contribution is -0.131. The average Bonchev–Trinajstić information content (AvgIpc) is 2.81. The SMILES string of the molecule is CC(=O)Oc1ccc(-c2cccc(C(=O)N(c3ccccn3)c3ccccn3)c2)cc1. The smallest absolute Gasteiger partial charge is 0.308 e. The Labute approximate surface area is 179 Å². The van der Waals surface area contributed by atoms with E-state index in [4.69, 9.17) is 4.74 Å². The van der Waals surface area contributed by atoms with Gasteiger partial charge in [0.25, 0.3) is 5.91 Å². The Hall–Kier alpha value is -4.32. The van der Waals surface area contributed by atoms with Crippen LogP contribution in [0, 0.1) is 0 Å². The van der Waals surface area contributed by atoms with Crippen LogP contribution in [0.4, 0.5) is 11.6 Å². The molecule has 31 heavy (non-hydrogen) atoms. The summed E-state index contributed by atoms with van der Waals surface area (Å²) in [6, 6.07) is 25.2. The van der Waals surface area contributed by atoms with Gasteiger partial charge in [-0.15, -0.1) is 0 Å². The summed E-state index contributed by atoms with van der Waals surface area (Å²) in [6.07, 6.45) is 3.28. The molecule has 0 spiro atoms. The number of anilines is 2. The van der Waals surface area contributed by atoms with Crippen LogP contribution in [0.3, 0.4) is 0 Å². The van der Waals surface area contributed by atoms with E-state index < -0.39 is 0 Å². The van der Waals surface area contributed by atoms with Crippen LogP contribution in [0.2, 0.25) is 0 Å². The second-order valence-corrected chi connectivity index (χ2v) is 6.72. The highest BCUT2D eigenvalue weighted by atomic mass is 16.5. The van der Waals surface area contributed by atoms with Gasteiger partial charge in [-0.25, -0.2) is 14.9 Å². The number of carbonyl (C=O) groups excluding carboxylic acids is 2. The summed E-state index contributed by atoms with van der Waals surface area (Å²) in [6.45, 7) is 1.36. The molecule has 0 bridgehead atoms. The zero-order chi connectivity index (χ0) is 21.6. The second kappa shape index (κ2) is 9.00. The zero-order valence-corrected chi connectivity index (χ0v) is 16.8. The first-order valence-corrected chi connectivity index (χ1v) is 9.67. The number of aromatic nitrogens is 2. The van der Waals surface area contributed by atoms with Crippen LogP contribution in [0.15, 0.2) is 97.3 Å². The van der Waals surface area contributed by atoms with Gasteiger partial charge < -0.3 is 4.74 Å². The Balaban J connectivity index is 1.68. The van der Waals surface area contributed by atoms with E-state index >= 15 is 0 Å². The number of nitrogens with zero attached hydrogens (tertiary/aromatic N) is 3. The van der Waals surface area contributed by atoms with Gasteiger partial charge in [0.15, 0.2) is 0 Å². The predicted molar refractivity (Wildman–Crippen MR) is 118 cm³/mol. The molecule has 2 aromatic carbocycles. The number of rotatable bonds is 5. The molecular weight excluding hydrogens is 390 g/mol. The Kier molecular flexibility index (Phi) is 5.80. The van der Waals surface area contributed by atoms with Gasteiger partial charge in [-0.3, -0.25) is 9.59 Å². The number of esters is 1. The number of pyridine rings is 2. The Bertz CT molecular complexity index is 1150. The molecule has 2 aromatic heterocycles. The van der Waals surface area contributed by atoms with Crippen molar-refractivity contribution in [1.29, 1.82) is 0 Å². The molecule has 1 amide bonds. The lowest BCUT2D eigenvalue weighted by atomic mass is 10.0. The third-order valence-electron chi connectivity index (χ3n) is 4.52. The average molecular weight is 409 g/mol. The van der Waals surface area contributed by atoms with E-state index in [0.29, 0.717) is 22.9 Å². The summed E-state index contributed by atoms with van der Waals surface area (Å²) < 4.78 is 5.08. The minimum Gasteiger partial charge on any atom is -0.427 e. The Morgan fingerprint density at radius 3 is 1.94 bits per heavy atom. The summed E-state index contributed by atoms with van der Waals surface area (Å²) in [5.41, 5.74) is 2.26. The topological polar surface area (TPSA) is 72.4 Å². The summed E-state index contributed by atoms with van der Waals surface area (Å²) in [5.74, 6) is 0.838. The lowest BCUT2D eigenvalue weighted by Crippen LogP contribution is -2.27. The van der Waals surface area contributed by atoms with E-state index in [0.717, 1.165) is 11.1 Å². The molecule has 6 nitrogen and oxygen atoms in total. The fraction of sp³-hybridized carbons (Fsp3) is 0.0400. The Morgan fingerprint density at radius 2 is 1.39 bits per heavy atom. The largest absolute Gasteiger partial charge is 0.427 e. The number of hydrogen-bond donors (Lipinski definition) is 0. The molecular formula is C25H19N3O3. The quantitative estimate of drug-likeness (QED) is 0.341. The third-order valence-corrected chi connectivity index (χ3v) is 4.52. The van der Waals surface area contributed by atoms with Crippen molar-refractivity contribution < 1.29 is 14.3 Å². The third kappa shape index (κ3) is 4.64. The Morgan fingerprint density at radius 1 is 0.742 bits per heavy atom. The summed E-state index contributed by atoms with van der Waals surface area (Å²) >= 11 is 0. The van der Waals surface area contributed by atoms with Gasteiger partial charge in [-0.1, -0.05) is 36.4 Å². The standard InChI is InChI=1S/C25H19N3O3/c1-18(29)31-22-13-11-19(12-14-22)20-7-6-8-21(17-20)25(30)28(23-9-2-4-15-26-23)24-10-3-5-16-27-24/h2-17H,1H3. The van der Waals surface area contributed by atoms with Gasteiger partial charge in [0.05, 0.1) is 0 Å². The first-order valence-electron chi connectivity index (χ1n) is 9.67. The van der Waals surface area contributed by atoms with E-state index in [1.165, 1.54) is 11.8 Å². The molecule has 0 atom stereocenters. The number of ether oxygens (including phenoxy) is 1. The van der Waals surface area contributed by atoms with Crippen LogP contribution in [0.1, 0.15) is 17.3 Å². The number of amides is 1.